The van der Waals surface area contributed by atoms with E-state index in [-0.39, 0.29) is 34.8 Å². The third-order valence-corrected chi connectivity index (χ3v) is 6.61. The Balaban J connectivity index is 1.57. The largest absolute Gasteiger partial charge is 0.504 e. The Morgan fingerprint density at radius 3 is 2.41 bits per heavy atom. The van der Waals surface area contributed by atoms with Crippen LogP contribution in [0.25, 0.3) is 11.4 Å². The second-order valence-electron chi connectivity index (χ2n) is 10.3. The molecule has 0 aliphatic heterocycles. The lowest BCUT2D eigenvalue weighted by molar-refractivity contribution is -0.122. The van der Waals surface area contributed by atoms with Crippen molar-refractivity contribution in [2.45, 2.75) is 45.7 Å². The van der Waals surface area contributed by atoms with E-state index in [0.29, 0.717) is 11.1 Å². The highest BCUT2D eigenvalue weighted by Crippen LogP contribution is 2.35. The maximum absolute atomic E-state index is 13.4. The average Bonchev–Trinajstić information content (AvgIpc) is 3.43. The van der Waals surface area contributed by atoms with Gasteiger partial charge in [0.25, 0.3) is 11.4 Å². The molecule has 0 radical (unpaired) electrons. The molecule has 2 aromatic carbocycles. The number of nitrogens with two attached hydrogens (primary N) is 1. The van der Waals surface area contributed by atoms with Crippen LogP contribution < -0.4 is 16.6 Å². The molecule has 0 bridgehead atoms. The van der Waals surface area contributed by atoms with Crippen molar-refractivity contribution >= 4 is 17.4 Å². The molecule has 1 amide bonds. The highest BCUT2D eigenvalue weighted by molar-refractivity contribution is 5.98. The van der Waals surface area contributed by atoms with Gasteiger partial charge in [0, 0.05) is 5.56 Å². The molecule has 0 unspecified atom stereocenters. The minimum absolute atomic E-state index is 0.0705. The summed E-state index contributed by atoms with van der Waals surface area (Å²) in [6.45, 7) is 6.37. The molecule has 12 nitrogen and oxygen atoms in total. The molecule has 2 aromatic heterocycles. The van der Waals surface area contributed by atoms with Gasteiger partial charge >= 0.3 is 0 Å². The van der Waals surface area contributed by atoms with Gasteiger partial charge in [0.15, 0.2) is 11.5 Å². The number of nitrogen functional groups attached to an aromatic ring is 1. The van der Waals surface area contributed by atoms with Crippen LogP contribution in [0, 0.1) is 11.7 Å². The number of rotatable bonds is 9. The normalized spacial score (nSPS) is 12.3. The van der Waals surface area contributed by atoms with Crippen molar-refractivity contribution in [1.82, 2.24) is 25.1 Å². The predicted octanol–water partition coefficient (Wildman–Crippen LogP) is 2.78. The lowest BCUT2D eigenvalue weighted by Crippen LogP contribution is -2.46. The van der Waals surface area contributed by atoms with Crippen LogP contribution in [0.5, 0.6) is 11.5 Å². The molecule has 5 N–H and O–H groups in total. The van der Waals surface area contributed by atoms with Crippen molar-refractivity contribution in [3.8, 4) is 22.9 Å². The Hall–Kier alpha value is -5.07. The zero-order valence-corrected chi connectivity index (χ0v) is 22.8. The summed E-state index contributed by atoms with van der Waals surface area (Å²) < 4.78 is 20.2. The van der Waals surface area contributed by atoms with Gasteiger partial charge in [-0.2, -0.15) is 0 Å². The van der Waals surface area contributed by atoms with Gasteiger partial charge in [-0.15, -0.1) is 10.2 Å². The van der Waals surface area contributed by atoms with E-state index in [9.17, 15) is 29.0 Å². The summed E-state index contributed by atoms with van der Waals surface area (Å²) in [4.78, 5) is 43.4. The molecule has 13 heteroatoms. The van der Waals surface area contributed by atoms with Crippen LogP contribution in [0.1, 0.15) is 49.8 Å². The molecule has 0 saturated heterocycles. The Morgan fingerprint density at radius 2 is 1.78 bits per heavy atom. The lowest BCUT2D eigenvalue weighted by Gasteiger charge is -2.22. The van der Waals surface area contributed by atoms with Crippen LogP contribution in [0.2, 0.25) is 0 Å². The highest BCUT2D eigenvalue weighted by Gasteiger charge is 2.34. The third kappa shape index (κ3) is 5.93. The summed E-state index contributed by atoms with van der Waals surface area (Å²) in [6, 6.07) is 8.38. The minimum atomic E-state index is -1.09. The summed E-state index contributed by atoms with van der Waals surface area (Å²) in [5.41, 5.74) is 4.86. The molecule has 0 fully saturated rings. The van der Waals surface area contributed by atoms with Gasteiger partial charge < -0.3 is 25.7 Å². The summed E-state index contributed by atoms with van der Waals surface area (Å²) >= 11 is 0. The minimum Gasteiger partial charge on any atom is -0.504 e. The fourth-order valence-electron chi connectivity index (χ4n) is 4.13. The predicted molar refractivity (Wildman–Crippen MR) is 146 cm³/mol. The van der Waals surface area contributed by atoms with E-state index in [1.807, 2.05) is 0 Å². The van der Waals surface area contributed by atoms with Crippen molar-refractivity contribution in [2.24, 2.45) is 5.92 Å². The van der Waals surface area contributed by atoms with Gasteiger partial charge in [0.1, 0.15) is 23.9 Å². The first kappa shape index (κ1) is 28.9. The molecule has 214 valence electrons. The standard InChI is InChI=1S/C28H29FN6O6/c1-14(2)22(23(39)25-33-34-27(41-25)28(3,4)16-7-10-19(36)20(37)11-16)32-21(38)13-35-24(31-12-18(30)26(35)40)15-5-8-17(29)9-6-15/h5-12,14,22,36-37H,13,30H2,1-4H3,(H,32,38)/t22-/m0/s1. The monoisotopic (exact) mass is 564 g/mol. The zero-order chi connectivity index (χ0) is 30.1. The number of halogens is 1. The maximum Gasteiger partial charge on any atom is 0.286 e. The molecule has 2 heterocycles. The van der Waals surface area contributed by atoms with Crippen molar-refractivity contribution < 1.29 is 28.6 Å². The van der Waals surface area contributed by atoms with E-state index in [1.165, 1.54) is 36.4 Å². The first-order valence-corrected chi connectivity index (χ1v) is 12.6. The Morgan fingerprint density at radius 1 is 1.10 bits per heavy atom. The van der Waals surface area contributed by atoms with Gasteiger partial charge in [-0.1, -0.05) is 19.9 Å². The Kier molecular flexibility index (Phi) is 7.90. The van der Waals surface area contributed by atoms with Gasteiger partial charge in [0.05, 0.1) is 17.7 Å². The molecular weight excluding hydrogens is 535 g/mol. The van der Waals surface area contributed by atoms with Crippen molar-refractivity contribution in [1.29, 1.82) is 0 Å². The molecule has 0 spiro atoms. The quantitative estimate of drug-likeness (QED) is 0.174. The van der Waals surface area contributed by atoms with Crippen LogP contribution >= 0.6 is 0 Å². The first-order valence-electron chi connectivity index (χ1n) is 12.6. The highest BCUT2D eigenvalue weighted by atomic mass is 19.1. The summed E-state index contributed by atoms with van der Waals surface area (Å²) in [6.07, 6.45) is 1.16. The number of nitrogens with one attached hydrogen (secondary N) is 1. The molecule has 4 aromatic rings. The molecule has 0 aliphatic rings. The molecule has 41 heavy (non-hydrogen) atoms. The van der Waals surface area contributed by atoms with E-state index < -0.39 is 47.0 Å². The number of phenolic OH excluding ortho intramolecular Hbond substituents is 2. The lowest BCUT2D eigenvalue weighted by atomic mass is 9.84. The number of Topliss-reactive ketones (excluding diaryl/α,β-unsaturated/α-hetero) is 1. The SMILES string of the molecule is CC(C)[C@H](NC(=O)Cn1c(-c2ccc(F)cc2)ncc(N)c1=O)C(=O)c1nnc(C(C)(C)c2ccc(O)c(O)c2)o1. The zero-order valence-electron chi connectivity index (χ0n) is 22.8. The van der Waals surface area contributed by atoms with Crippen LogP contribution in [0.15, 0.2) is 57.9 Å². The number of hydrogen-bond donors (Lipinski definition) is 4. The Bertz CT molecular complexity index is 1660. The van der Waals surface area contributed by atoms with Gasteiger partial charge in [-0.25, -0.2) is 9.37 Å². The van der Waals surface area contributed by atoms with Crippen molar-refractivity contribution in [3.05, 3.63) is 82.2 Å². The number of phenols is 2. The number of aromatic hydroxyl groups is 2. The number of benzene rings is 2. The van der Waals surface area contributed by atoms with Gasteiger partial charge in [0.2, 0.25) is 17.6 Å². The number of aromatic nitrogens is 4. The van der Waals surface area contributed by atoms with Crippen LogP contribution in [-0.4, -0.2) is 47.7 Å². The molecule has 1 atom stereocenters. The van der Waals surface area contributed by atoms with Gasteiger partial charge in [-0.05, 0) is 61.7 Å². The third-order valence-electron chi connectivity index (χ3n) is 6.61. The number of amides is 1. The molecule has 4 rings (SSSR count). The van der Waals surface area contributed by atoms with Crippen LogP contribution in [0.3, 0.4) is 0 Å². The number of ketones is 1. The first-order chi connectivity index (χ1) is 19.3. The van der Waals surface area contributed by atoms with Gasteiger partial charge in [-0.3, -0.25) is 19.0 Å². The van der Waals surface area contributed by atoms with E-state index in [0.717, 1.165) is 10.8 Å². The average molecular weight is 565 g/mol. The topological polar surface area (TPSA) is 186 Å². The van der Waals surface area contributed by atoms with E-state index in [4.69, 9.17) is 10.2 Å². The smallest absolute Gasteiger partial charge is 0.286 e. The summed E-state index contributed by atoms with van der Waals surface area (Å²) in [5, 5.41) is 30.0. The number of carbonyl (C=O) groups excluding carboxylic acids is 2. The molecule has 0 saturated carbocycles. The number of nitrogens with zero attached hydrogens (tertiary/aromatic N) is 4. The number of carbonyl (C=O) groups is 2. The summed E-state index contributed by atoms with van der Waals surface area (Å²) in [5.74, 6) is -3.02. The second-order valence-corrected chi connectivity index (χ2v) is 10.3. The fraction of sp³-hybridized carbons (Fsp3) is 0.286. The Labute approximate surface area is 233 Å². The second kappa shape index (κ2) is 11.2. The van der Waals surface area contributed by atoms with E-state index >= 15 is 0 Å². The van der Waals surface area contributed by atoms with Crippen LogP contribution in [0.4, 0.5) is 10.1 Å². The van der Waals surface area contributed by atoms with Crippen LogP contribution in [-0.2, 0) is 16.8 Å². The van der Waals surface area contributed by atoms with E-state index in [1.54, 1.807) is 33.8 Å². The number of anilines is 1. The summed E-state index contributed by atoms with van der Waals surface area (Å²) in [7, 11) is 0. The molecule has 0 aliphatic carbocycles. The van der Waals surface area contributed by atoms with Crippen molar-refractivity contribution in [2.75, 3.05) is 5.73 Å². The fourth-order valence-corrected chi connectivity index (χ4v) is 4.13. The number of hydrogen-bond acceptors (Lipinski definition) is 10. The van der Waals surface area contributed by atoms with E-state index in [2.05, 4.69) is 20.5 Å². The van der Waals surface area contributed by atoms with Crippen molar-refractivity contribution in [3.63, 3.8) is 0 Å². The molecular formula is C28H29FN6O6. The maximum atomic E-state index is 13.4.